The van der Waals surface area contributed by atoms with Crippen molar-refractivity contribution < 1.29 is 13.9 Å². The molecule has 0 fully saturated rings. The smallest absolute Gasteiger partial charge is 0.322 e. The molecule has 4 heteroatoms. The average molecular weight is 247 g/mol. The third-order valence-electron chi connectivity index (χ3n) is 2.93. The molecule has 18 heavy (non-hydrogen) atoms. The van der Waals surface area contributed by atoms with Crippen molar-refractivity contribution >= 4 is 16.9 Å². The van der Waals surface area contributed by atoms with E-state index in [1.807, 2.05) is 37.3 Å². The molecule has 4 nitrogen and oxygen atoms in total. The first-order valence-electron chi connectivity index (χ1n) is 5.94. The first kappa shape index (κ1) is 12.6. The summed E-state index contributed by atoms with van der Waals surface area (Å²) in [6.45, 7) is 3.72. The van der Waals surface area contributed by atoms with Crippen molar-refractivity contribution in [2.24, 2.45) is 0 Å². The van der Waals surface area contributed by atoms with Gasteiger partial charge in [-0.1, -0.05) is 18.2 Å². The lowest BCUT2D eigenvalue weighted by Gasteiger charge is -2.16. The van der Waals surface area contributed by atoms with Crippen molar-refractivity contribution in [3.05, 3.63) is 36.1 Å². The Balaban J connectivity index is 2.13. The van der Waals surface area contributed by atoms with Crippen LogP contribution >= 0.6 is 0 Å². The molecule has 0 saturated carbocycles. The maximum Gasteiger partial charge on any atom is 0.322 e. The first-order valence-corrected chi connectivity index (χ1v) is 5.94. The van der Waals surface area contributed by atoms with Crippen LogP contribution in [0.15, 0.2) is 34.7 Å². The van der Waals surface area contributed by atoms with Crippen LogP contribution in [-0.2, 0) is 9.53 Å². The number of fused-ring (bicyclic) bond motifs is 1. The number of furan rings is 1. The minimum atomic E-state index is -0.363. The highest BCUT2D eigenvalue weighted by Gasteiger charge is 2.18. The van der Waals surface area contributed by atoms with E-state index in [4.69, 9.17) is 4.42 Å². The molecule has 0 bridgehead atoms. The van der Waals surface area contributed by atoms with Gasteiger partial charge in [0.2, 0.25) is 0 Å². The van der Waals surface area contributed by atoms with Gasteiger partial charge in [-0.2, -0.15) is 0 Å². The van der Waals surface area contributed by atoms with Gasteiger partial charge in [0.15, 0.2) is 0 Å². The second kappa shape index (κ2) is 5.23. The van der Waals surface area contributed by atoms with Gasteiger partial charge in [0.05, 0.1) is 13.2 Å². The normalized spacial score (nSPS) is 14.4. The number of methoxy groups -OCH3 is 1. The monoisotopic (exact) mass is 247 g/mol. The molecule has 1 aromatic carbocycles. The molecule has 1 N–H and O–H groups in total. The minimum absolute atomic E-state index is 0.0495. The van der Waals surface area contributed by atoms with E-state index in [2.05, 4.69) is 10.1 Å². The first-order chi connectivity index (χ1) is 8.61. The predicted molar refractivity (Wildman–Crippen MR) is 69.2 cm³/mol. The molecular weight excluding hydrogens is 230 g/mol. The lowest BCUT2D eigenvalue weighted by Crippen LogP contribution is -2.36. The molecule has 1 heterocycles. The molecule has 0 aliphatic rings. The summed E-state index contributed by atoms with van der Waals surface area (Å²) in [5.74, 6) is 0.532. The van der Waals surface area contributed by atoms with Crippen molar-refractivity contribution in [1.82, 2.24) is 5.32 Å². The fourth-order valence-corrected chi connectivity index (χ4v) is 1.92. The predicted octanol–water partition coefficient (Wildman–Crippen LogP) is 2.64. The Hall–Kier alpha value is -1.81. The molecular formula is C14H17NO3. The summed E-state index contributed by atoms with van der Waals surface area (Å²) >= 11 is 0. The van der Waals surface area contributed by atoms with Gasteiger partial charge in [-0.15, -0.1) is 0 Å². The number of carbonyl (C=O) groups is 1. The van der Waals surface area contributed by atoms with Crippen LogP contribution in [0.5, 0.6) is 0 Å². The van der Waals surface area contributed by atoms with E-state index < -0.39 is 0 Å². The van der Waals surface area contributed by atoms with Crippen LogP contribution in [-0.4, -0.2) is 19.1 Å². The van der Waals surface area contributed by atoms with E-state index in [0.29, 0.717) is 0 Å². The van der Waals surface area contributed by atoms with E-state index in [1.165, 1.54) is 7.11 Å². The van der Waals surface area contributed by atoms with Gasteiger partial charge in [0, 0.05) is 5.39 Å². The van der Waals surface area contributed by atoms with Gasteiger partial charge in [-0.05, 0) is 26.0 Å². The van der Waals surface area contributed by atoms with Crippen molar-refractivity contribution in [1.29, 1.82) is 0 Å². The standard InChI is InChI=1S/C14H17NO3/c1-9(15-10(2)14(16)17-3)13-8-11-6-4-5-7-12(11)18-13/h4-10,15H,1-3H3. The van der Waals surface area contributed by atoms with Gasteiger partial charge in [-0.3, -0.25) is 10.1 Å². The summed E-state index contributed by atoms with van der Waals surface area (Å²) in [6, 6.07) is 9.40. The third-order valence-corrected chi connectivity index (χ3v) is 2.93. The number of benzene rings is 1. The van der Waals surface area contributed by atoms with Crippen LogP contribution < -0.4 is 5.32 Å². The molecule has 0 spiro atoms. The van der Waals surface area contributed by atoms with Gasteiger partial charge in [-0.25, -0.2) is 0 Å². The summed E-state index contributed by atoms with van der Waals surface area (Å²) in [4.78, 5) is 11.3. The Morgan fingerprint density at radius 2 is 2.06 bits per heavy atom. The molecule has 1 aromatic heterocycles. The van der Waals surface area contributed by atoms with E-state index in [9.17, 15) is 4.79 Å². The zero-order valence-corrected chi connectivity index (χ0v) is 10.8. The molecule has 0 aliphatic heterocycles. The molecule has 2 atom stereocenters. The molecule has 2 aromatic rings. The molecule has 0 amide bonds. The zero-order chi connectivity index (χ0) is 13.1. The number of rotatable bonds is 4. The topological polar surface area (TPSA) is 51.5 Å². The number of hydrogen-bond acceptors (Lipinski definition) is 4. The number of para-hydroxylation sites is 1. The van der Waals surface area contributed by atoms with Crippen LogP contribution in [0.3, 0.4) is 0 Å². The number of nitrogens with one attached hydrogen (secondary N) is 1. The second-order valence-electron chi connectivity index (χ2n) is 4.32. The van der Waals surface area contributed by atoms with Gasteiger partial charge in [0.25, 0.3) is 0 Å². The zero-order valence-electron chi connectivity index (χ0n) is 10.8. The summed E-state index contributed by atoms with van der Waals surface area (Å²) < 4.78 is 10.4. The fraction of sp³-hybridized carbons (Fsp3) is 0.357. The average Bonchev–Trinajstić information content (AvgIpc) is 2.81. The highest BCUT2D eigenvalue weighted by atomic mass is 16.5. The number of hydrogen-bond donors (Lipinski definition) is 1. The lowest BCUT2D eigenvalue weighted by molar-refractivity contribution is -0.142. The van der Waals surface area contributed by atoms with Crippen LogP contribution in [0.4, 0.5) is 0 Å². The highest BCUT2D eigenvalue weighted by Crippen LogP contribution is 2.23. The summed E-state index contributed by atoms with van der Waals surface area (Å²) in [5, 5.41) is 4.20. The van der Waals surface area contributed by atoms with Crippen molar-refractivity contribution in [2.75, 3.05) is 7.11 Å². The minimum Gasteiger partial charge on any atom is -0.468 e. The molecule has 0 aliphatic carbocycles. The summed E-state index contributed by atoms with van der Waals surface area (Å²) in [6.07, 6.45) is 0. The Morgan fingerprint density at radius 3 is 2.72 bits per heavy atom. The van der Waals surface area contributed by atoms with Crippen LogP contribution in [0.2, 0.25) is 0 Å². The Kier molecular flexibility index (Phi) is 3.67. The van der Waals surface area contributed by atoms with E-state index >= 15 is 0 Å². The maximum atomic E-state index is 11.3. The number of esters is 1. The molecule has 96 valence electrons. The van der Waals surface area contributed by atoms with Crippen LogP contribution in [0, 0.1) is 0 Å². The van der Waals surface area contributed by atoms with Gasteiger partial charge < -0.3 is 9.15 Å². The van der Waals surface area contributed by atoms with E-state index in [1.54, 1.807) is 6.92 Å². The van der Waals surface area contributed by atoms with E-state index in [-0.39, 0.29) is 18.1 Å². The molecule has 2 rings (SSSR count). The van der Waals surface area contributed by atoms with Gasteiger partial charge in [0.1, 0.15) is 17.4 Å². The SMILES string of the molecule is COC(=O)C(C)NC(C)c1cc2ccccc2o1. The Bertz CT molecular complexity index is 514. The van der Waals surface area contributed by atoms with Crippen molar-refractivity contribution in [3.63, 3.8) is 0 Å². The number of carbonyl (C=O) groups excluding carboxylic acids is 1. The quantitative estimate of drug-likeness (QED) is 0.844. The maximum absolute atomic E-state index is 11.3. The number of ether oxygens (including phenoxy) is 1. The fourth-order valence-electron chi connectivity index (χ4n) is 1.92. The largest absolute Gasteiger partial charge is 0.468 e. The molecule has 2 unspecified atom stereocenters. The van der Waals surface area contributed by atoms with Gasteiger partial charge >= 0.3 is 5.97 Å². The summed E-state index contributed by atoms with van der Waals surface area (Å²) in [5.41, 5.74) is 0.854. The molecule has 0 radical (unpaired) electrons. The van der Waals surface area contributed by atoms with Crippen LogP contribution in [0.25, 0.3) is 11.0 Å². The third kappa shape index (κ3) is 2.54. The van der Waals surface area contributed by atoms with Crippen molar-refractivity contribution in [2.45, 2.75) is 25.9 Å². The van der Waals surface area contributed by atoms with E-state index in [0.717, 1.165) is 16.7 Å². The van der Waals surface area contributed by atoms with Crippen molar-refractivity contribution in [3.8, 4) is 0 Å². The van der Waals surface area contributed by atoms with Crippen LogP contribution in [0.1, 0.15) is 25.6 Å². The lowest BCUT2D eigenvalue weighted by atomic mass is 10.2. The molecule has 0 saturated heterocycles. The highest BCUT2D eigenvalue weighted by molar-refractivity contribution is 5.78. The Labute approximate surface area is 106 Å². The summed E-state index contributed by atoms with van der Waals surface area (Å²) in [7, 11) is 1.38. The Morgan fingerprint density at radius 1 is 1.33 bits per heavy atom. The second-order valence-corrected chi connectivity index (χ2v) is 4.32.